The normalized spacial score (nSPS) is 18.6. The van der Waals surface area contributed by atoms with Crippen molar-refractivity contribution >= 4 is 35.1 Å². The Balaban J connectivity index is 0.942. The molecule has 0 spiro atoms. The van der Waals surface area contributed by atoms with E-state index in [1.54, 1.807) is 27.6 Å². The van der Waals surface area contributed by atoms with Crippen LogP contribution in [0.2, 0.25) is 0 Å². The van der Waals surface area contributed by atoms with Crippen molar-refractivity contribution in [1.82, 2.24) is 29.9 Å². The molecule has 0 radical (unpaired) electrons. The lowest BCUT2D eigenvalue weighted by molar-refractivity contribution is -0.918. The number of hydrogen-bond donors (Lipinski definition) is 3. The molecule has 0 aliphatic carbocycles. The number of likely N-dealkylation sites (tertiary alicyclic amines) is 2. The average molecular weight is 776 g/mol. The second-order valence-corrected chi connectivity index (χ2v) is 16.1. The summed E-state index contributed by atoms with van der Waals surface area (Å²) in [5, 5.41) is 9.29. The fourth-order valence-corrected chi connectivity index (χ4v) is 7.58. The van der Waals surface area contributed by atoms with Crippen LogP contribution in [0.4, 0.5) is 25.1 Å². The number of benzene rings is 2. The predicted molar refractivity (Wildman–Crippen MR) is 209 cm³/mol. The number of hydrogen-bond acceptors (Lipinski definition) is 8. The van der Waals surface area contributed by atoms with Gasteiger partial charge in [0.1, 0.15) is 5.60 Å². The smallest absolute Gasteiger partial charge is 0.410 e. The Morgan fingerprint density at radius 2 is 1.73 bits per heavy atom. The number of halogens is 2. The number of aryl methyl sites for hydroxylation is 1. The molecule has 0 unspecified atom stereocenters. The number of nitrogens with one attached hydrogen (secondary N) is 3. The number of ether oxygens (including phenoxy) is 2. The predicted octanol–water partition coefficient (Wildman–Crippen LogP) is 5.95. The van der Waals surface area contributed by atoms with Gasteiger partial charge in [-0.25, -0.2) is 19.2 Å². The molecule has 56 heavy (non-hydrogen) atoms. The van der Waals surface area contributed by atoms with Gasteiger partial charge in [-0.1, -0.05) is 6.92 Å². The van der Waals surface area contributed by atoms with E-state index in [1.807, 2.05) is 33.8 Å². The molecule has 300 valence electrons. The standard InChI is InChI=1S/C41H52F2N8O5/c1-7-27-21-29(48-36-37-47-22-32(50(37)18-17-44-36)31-11-12-33(55-6)35(43)34(31)42)9-10-30(27)39(53)46-16-8-15-45-38(52)28-13-19-51(5,20-14-28)25-26-23-49(24-26)40(54)56-41(2,3)4/h9-12,17-18,21-22,26,28H,7-8,13-16,19-20,23-25H2,1-6H3,(H2-,44,45,46,48,52,53)/p+1. The number of rotatable bonds is 13. The molecule has 0 bridgehead atoms. The summed E-state index contributed by atoms with van der Waals surface area (Å²) in [4.78, 5) is 49.0. The third kappa shape index (κ3) is 9.20. The first-order chi connectivity index (χ1) is 26.7. The minimum atomic E-state index is -1.08. The van der Waals surface area contributed by atoms with E-state index in [1.165, 1.54) is 31.6 Å². The lowest BCUT2D eigenvalue weighted by Gasteiger charge is -2.47. The highest BCUT2D eigenvalue weighted by Crippen LogP contribution is 2.32. The van der Waals surface area contributed by atoms with Crippen molar-refractivity contribution < 1.29 is 37.1 Å². The van der Waals surface area contributed by atoms with Crippen LogP contribution >= 0.6 is 0 Å². The minimum Gasteiger partial charge on any atom is -0.494 e. The van der Waals surface area contributed by atoms with Crippen molar-refractivity contribution in [3.8, 4) is 17.0 Å². The fourth-order valence-electron chi connectivity index (χ4n) is 7.58. The van der Waals surface area contributed by atoms with Crippen LogP contribution in [0.15, 0.2) is 48.9 Å². The van der Waals surface area contributed by atoms with Crippen LogP contribution in [0, 0.1) is 23.5 Å². The van der Waals surface area contributed by atoms with Crippen LogP contribution in [-0.2, 0) is 16.0 Å². The summed E-state index contributed by atoms with van der Waals surface area (Å²) in [7, 11) is 3.52. The van der Waals surface area contributed by atoms with Crippen molar-refractivity contribution in [2.24, 2.45) is 11.8 Å². The van der Waals surface area contributed by atoms with Crippen molar-refractivity contribution in [2.45, 2.75) is 59.0 Å². The van der Waals surface area contributed by atoms with E-state index in [-0.39, 0.29) is 35.1 Å². The third-order valence-electron chi connectivity index (χ3n) is 10.6. The minimum absolute atomic E-state index is 0.0199. The van der Waals surface area contributed by atoms with Crippen LogP contribution in [0.5, 0.6) is 5.75 Å². The molecule has 2 aliphatic heterocycles. The molecule has 4 aromatic rings. The lowest BCUT2D eigenvalue weighted by atomic mass is 9.91. The Morgan fingerprint density at radius 3 is 2.43 bits per heavy atom. The molecule has 6 rings (SSSR count). The number of amides is 3. The van der Waals surface area contributed by atoms with Gasteiger partial charge in [0.2, 0.25) is 11.7 Å². The van der Waals surface area contributed by atoms with Crippen LogP contribution < -0.4 is 20.7 Å². The molecule has 2 aromatic heterocycles. The van der Waals surface area contributed by atoms with Crippen molar-refractivity contribution in [2.75, 3.05) is 65.3 Å². The topological polar surface area (TPSA) is 139 Å². The van der Waals surface area contributed by atoms with Gasteiger partial charge >= 0.3 is 6.09 Å². The van der Waals surface area contributed by atoms with Crippen LogP contribution in [-0.4, -0.2) is 107 Å². The van der Waals surface area contributed by atoms with Crippen LogP contribution in [0.25, 0.3) is 16.9 Å². The number of fused-ring (bicyclic) bond motifs is 1. The highest BCUT2D eigenvalue weighted by Gasteiger charge is 2.41. The van der Waals surface area contributed by atoms with Crippen molar-refractivity contribution in [3.05, 3.63) is 71.7 Å². The molecule has 13 nitrogen and oxygen atoms in total. The molecule has 3 amide bonds. The Hall–Kier alpha value is -5.31. The van der Waals surface area contributed by atoms with E-state index >= 15 is 0 Å². The van der Waals surface area contributed by atoms with E-state index in [0.29, 0.717) is 60.3 Å². The molecule has 0 atom stereocenters. The molecular weight excluding hydrogens is 722 g/mol. The van der Waals surface area contributed by atoms with Gasteiger partial charge in [0, 0.05) is 80.1 Å². The van der Waals surface area contributed by atoms with Crippen LogP contribution in [0.3, 0.4) is 0 Å². The summed E-state index contributed by atoms with van der Waals surface area (Å²) in [6.45, 7) is 12.8. The van der Waals surface area contributed by atoms with E-state index < -0.39 is 17.2 Å². The largest absolute Gasteiger partial charge is 0.494 e. The number of quaternary nitrogens is 1. The summed E-state index contributed by atoms with van der Waals surface area (Å²) in [5.41, 5.74) is 2.35. The van der Waals surface area contributed by atoms with Gasteiger partial charge in [-0.15, -0.1) is 0 Å². The summed E-state index contributed by atoms with van der Waals surface area (Å²) in [5.74, 6) is -1.61. The maximum Gasteiger partial charge on any atom is 0.410 e. The molecule has 3 N–H and O–H groups in total. The number of imidazole rings is 1. The van der Waals surface area contributed by atoms with Gasteiger partial charge in [0.05, 0.1) is 45.7 Å². The van der Waals surface area contributed by atoms with Gasteiger partial charge in [-0.05, 0) is 69.5 Å². The molecular formula is C41H53F2N8O5+. The quantitative estimate of drug-likeness (QED) is 0.112. The number of carbonyl (C=O) groups is 3. The van der Waals surface area contributed by atoms with Gasteiger partial charge in [-0.2, -0.15) is 4.39 Å². The highest BCUT2D eigenvalue weighted by atomic mass is 19.2. The molecule has 2 fully saturated rings. The Morgan fingerprint density at radius 1 is 1.00 bits per heavy atom. The first-order valence-corrected chi connectivity index (χ1v) is 19.3. The van der Waals surface area contributed by atoms with Gasteiger partial charge in [-0.3, -0.25) is 14.0 Å². The Kier molecular flexibility index (Phi) is 12.1. The van der Waals surface area contributed by atoms with E-state index in [0.717, 1.165) is 55.6 Å². The average Bonchev–Trinajstić information content (AvgIpc) is 3.58. The second kappa shape index (κ2) is 16.8. The number of carbonyl (C=O) groups excluding carboxylic acids is 3. The van der Waals surface area contributed by atoms with E-state index in [9.17, 15) is 23.2 Å². The fraction of sp³-hybridized carbons (Fsp3) is 0.488. The number of anilines is 2. The number of piperidine rings is 1. The SMILES string of the molecule is CCc1cc(Nc2nccn3c(-c4ccc(OC)c(F)c4F)cnc23)ccc1C(=O)NCCCNC(=O)C1CC[N+](C)(CC2CN(C(=O)OC(C)(C)C)C2)CC1. The van der Waals surface area contributed by atoms with E-state index in [2.05, 4.69) is 33.0 Å². The monoisotopic (exact) mass is 775 g/mol. The maximum absolute atomic E-state index is 14.9. The number of methoxy groups -OCH3 is 1. The molecule has 4 heterocycles. The highest BCUT2D eigenvalue weighted by molar-refractivity contribution is 5.96. The summed E-state index contributed by atoms with van der Waals surface area (Å²) in [6.07, 6.45) is 7.21. The number of aromatic nitrogens is 3. The first kappa shape index (κ1) is 40.4. The zero-order valence-corrected chi connectivity index (χ0v) is 33.1. The molecule has 15 heteroatoms. The zero-order valence-electron chi connectivity index (χ0n) is 33.1. The zero-order chi connectivity index (χ0) is 40.2. The third-order valence-corrected chi connectivity index (χ3v) is 10.6. The van der Waals surface area contributed by atoms with E-state index in [4.69, 9.17) is 9.47 Å². The lowest BCUT2D eigenvalue weighted by Crippen LogP contribution is -2.60. The Labute approximate surface area is 326 Å². The molecule has 2 aromatic carbocycles. The van der Waals surface area contributed by atoms with Gasteiger partial charge in [0.25, 0.3) is 5.91 Å². The first-order valence-electron chi connectivity index (χ1n) is 19.3. The maximum atomic E-state index is 14.9. The summed E-state index contributed by atoms with van der Waals surface area (Å²) < 4.78 is 42.3. The Bertz CT molecular complexity index is 2070. The molecule has 0 saturated carbocycles. The summed E-state index contributed by atoms with van der Waals surface area (Å²) >= 11 is 0. The molecule has 2 aliphatic rings. The second-order valence-electron chi connectivity index (χ2n) is 16.1. The molecule has 2 saturated heterocycles. The van der Waals surface area contributed by atoms with Gasteiger partial charge in [0.15, 0.2) is 23.0 Å². The van der Waals surface area contributed by atoms with Crippen molar-refractivity contribution in [1.29, 1.82) is 0 Å². The number of nitrogens with zero attached hydrogens (tertiary/aromatic N) is 5. The van der Waals surface area contributed by atoms with Crippen molar-refractivity contribution in [3.63, 3.8) is 0 Å². The van der Waals surface area contributed by atoms with Gasteiger partial charge < -0.3 is 34.8 Å². The van der Waals surface area contributed by atoms with Crippen LogP contribution in [0.1, 0.15) is 62.9 Å². The summed E-state index contributed by atoms with van der Waals surface area (Å²) in [6, 6.07) is 8.21.